The molecular formula is C17H22F4N2O3. The van der Waals surface area contributed by atoms with Gasteiger partial charge in [-0.25, -0.2) is 22.5 Å². The molecule has 146 valence electrons. The third-order valence-electron chi connectivity index (χ3n) is 5.10. The van der Waals surface area contributed by atoms with Gasteiger partial charge >= 0.3 is 0 Å². The molecule has 1 aromatic heterocycles. The van der Waals surface area contributed by atoms with E-state index in [0.717, 1.165) is 12.8 Å². The van der Waals surface area contributed by atoms with E-state index in [1.54, 1.807) is 0 Å². The summed E-state index contributed by atoms with van der Waals surface area (Å²) < 4.78 is 58.3. The number of rotatable bonds is 7. The molecule has 2 fully saturated rings. The fourth-order valence-electron chi connectivity index (χ4n) is 3.43. The van der Waals surface area contributed by atoms with Gasteiger partial charge in [-0.05, 0) is 38.0 Å². The predicted molar refractivity (Wildman–Crippen MR) is 83.3 cm³/mol. The molecule has 1 unspecified atom stereocenters. The van der Waals surface area contributed by atoms with E-state index in [1.807, 2.05) is 0 Å². The third-order valence-corrected chi connectivity index (χ3v) is 5.10. The molecule has 2 aliphatic carbocycles. The number of carbonyl (C=O) groups excluding carboxylic acids is 1. The molecule has 0 saturated heterocycles. The van der Waals surface area contributed by atoms with Crippen molar-refractivity contribution < 1.29 is 31.9 Å². The fraction of sp³-hybridized carbons (Fsp3) is 0.765. The Morgan fingerprint density at radius 2 is 1.92 bits per heavy atom. The van der Waals surface area contributed by atoms with E-state index in [2.05, 4.69) is 10.3 Å². The highest BCUT2D eigenvalue weighted by Gasteiger charge is 2.39. The number of aromatic nitrogens is 1. The van der Waals surface area contributed by atoms with Crippen LogP contribution in [-0.2, 0) is 0 Å². The van der Waals surface area contributed by atoms with E-state index in [0.29, 0.717) is 0 Å². The number of hydrogen-bond acceptors (Lipinski definition) is 4. The number of nitrogens with one attached hydrogen (secondary N) is 1. The molecule has 26 heavy (non-hydrogen) atoms. The maximum atomic E-state index is 13.3. The minimum Gasteiger partial charge on any atom is -0.435 e. The van der Waals surface area contributed by atoms with E-state index in [-0.39, 0.29) is 56.4 Å². The summed E-state index contributed by atoms with van der Waals surface area (Å²) in [4.78, 5) is 16.2. The molecule has 3 rings (SSSR count). The zero-order valence-electron chi connectivity index (χ0n) is 14.2. The minimum absolute atomic E-state index is 0.0251. The molecule has 0 radical (unpaired) electrons. The number of oxazole rings is 1. The standard InChI is InChI=1S/C17H22F4N2O3/c18-14(19)12-13(26-16(23-12)10-1-2-10)15(25)22-11(5-8-24)9-3-6-17(20,21)7-4-9/h9-11,14,24H,1-8H2,(H,22,25). The highest BCUT2D eigenvalue weighted by molar-refractivity contribution is 5.92. The number of halogens is 4. The number of amides is 1. The summed E-state index contributed by atoms with van der Waals surface area (Å²) in [6.45, 7) is -0.247. The Bertz CT molecular complexity index is 636. The third kappa shape index (κ3) is 4.36. The monoisotopic (exact) mass is 378 g/mol. The molecule has 0 spiro atoms. The number of aliphatic hydroxyl groups is 1. The molecule has 1 aromatic rings. The topological polar surface area (TPSA) is 75.4 Å². The summed E-state index contributed by atoms with van der Waals surface area (Å²) in [5.74, 6) is -4.20. The van der Waals surface area contributed by atoms with E-state index in [1.165, 1.54) is 0 Å². The molecule has 2 aliphatic rings. The SMILES string of the molecule is O=C(NC(CCO)C1CCC(F)(F)CC1)c1oc(C2CC2)nc1C(F)F. The van der Waals surface area contributed by atoms with Crippen molar-refractivity contribution in [3.05, 3.63) is 17.3 Å². The first-order valence-corrected chi connectivity index (χ1v) is 8.89. The van der Waals surface area contributed by atoms with Gasteiger partial charge in [-0.3, -0.25) is 4.79 Å². The van der Waals surface area contributed by atoms with Crippen LogP contribution in [-0.4, -0.2) is 34.6 Å². The van der Waals surface area contributed by atoms with Crippen molar-refractivity contribution in [2.24, 2.45) is 5.92 Å². The second-order valence-corrected chi connectivity index (χ2v) is 7.13. The second-order valence-electron chi connectivity index (χ2n) is 7.13. The summed E-state index contributed by atoms with van der Waals surface area (Å²) in [5.41, 5.74) is -0.692. The molecule has 9 heteroatoms. The Labute approximate surface area is 148 Å². The zero-order chi connectivity index (χ0) is 18.9. The van der Waals surface area contributed by atoms with Crippen LogP contribution in [0.2, 0.25) is 0 Å². The molecule has 5 nitrogen and oxygen atoms in total. The summed E-state index contributed by atoms with van der Waals surface area (Å²) in [6, 6.07) is -0.580. The van der Waals surface area contributed by atoms with Crippen molar-refractivity contribution in [3.8, 4) is 0 Å². The summed E-state index contributed by atoms with van der Waals surface area (Å²) in [6.07, 6.45) is -1.39. The molecule has 1 amide bonds. The normalized spacial score (nSPS) is 21.8. The quantitative estimate of drug-likeness (QED) is 0.708. The molecule has 2 saturated carbocycles. The van der Waals surface area contributed by atoms with Crippen molar-refractivity contribution >= 4 is 5.91 Å². The molecule has 2 N–H and O–H groups in total. The average molecular weight is 378 g/mol. The highest BCUT2D eigenvalue weighted by atomic mass is 19.3. The van der Waals surface area contributed by atoms with E-state index < -0.39 is 35.8 Å². The van der Waals surface area contributed by atoms with E-state index in [4.69, 9.17) is 4.42 Å². The van der Waals surface area contributed by atoms with Gasteiger partial charge in [-0.1, -0.05) is 0 Å². The Hall–Kier alpha value is -1.64. The highest BCUT2D eigenvalue weighted by Crippen LogP contribution is 2.41. The van der Waals surface area contributed by atoms with E-state index >= 15 is 0 Å². The average Bonchev–Trinajstić information content (AvgIpc) is 3.32. The van der Waals surface area contributed by atoms with E-state index in [9.17, 15) is 27.5 Å². The number of aliphatic hydroxyl groups excluding tert-OH is 1. The van der Waals surface area contributed by atoms with Crippen molar-refractivity contribution in [3.63, 3.8) is 0 Å². The number of carbonyl (C=O) groups is 1. The maximum Gasteiger partial charge on any atom is 0.289 e. The molecular weight excluding hydrogens is 356 g/mol. The van der Waals surface area contributed by atoms with Gasteiger partial charge in [0.2, 0.25) is 11.7 Å². The van der Waals surface area contributed by atoms with Crippen molar-refractivity contribution in [2.75, 3.05) is 6.61 Å². The second kappa shape index (κ2) is 7.54. The maximum absolute atomic E-state index is 13.3. The first-order chi connectivity index (χ1) is 12.3. The first kappa shape index (κ1) is 19.1. The lowest BCUT2D eigenvalue weighted by molar-refractivity contribution is -0.0499. The number of nitrogens with zero attached hydrogens (tertiary/aromatic N) is 1. The van der Waals surface area contributed by atoms with Gasteiger partial charge in [0, 0.05) is 31.4 Å². The van der Waals surface area contributed by atoms with Crippen molar-refractivity contribution in [1.29, 1.82) is 0 Å². The largest absolute Gasteiger partial charge is 0.435 e. The minimum atomic E-state index is -2.95. The van der Waals surface area contributed by atoms with Crippen LogP contribution in [0.25, 0.3) is 0 Å². The van der Waals surface area contributed by atoms with Crippen LogP contribution in [0, 0.1) is 5.92 Å². The van der Waals surface area contributed by atoms with Gasteiger partial charge in [0.25, 0.3) is 12.3 Å². The van der Waals surface area contributed by atoms with Crippen molar-refractivity contribution in [1.82, 2.24) is 10.3 Å². The van der Waals surface area contributed by atoms with Crippen LogP contribution in [0.1, 0.15) is 79.4 Å². The Kier molecular flexibility index (Phi) is 5.55. The van der Waals surface area contributed by atoms with Crippen LogP contribution >= 0.6 is 0 Å². The molecule has 0 aromatic carbocycles. The van der Waals surface area contributed by atoms with Gasteiger partial charge in [0.05, 0.1) is 0 Å². The number of hydrogen-bond donors (Lipinski definition) is 2. The lowest BCUT2D eigenvalue weighted by Gasteiger charge is -2.33. The molecule has 0 aliphatic heterocycles. The predicted octanol–water partition coefficient (Wildman–Crippen LogP) is 3.80. The van der Waals surface area contributed by atoms with Crippen LogP contribution in [0.15, 0.2) is 4.42 Å². The molecule has 0 bridgehead atoms. The fourth-order valence-corrected chi connectivity index (χ4v) is 3.43. The van der Waals surface area contributed by atoms with Crippen LogP contribution < -0.4 is 5.32 Å². The Balaban J connectivity index is 1.72. The lowest BCUT2D eigenvalue weighted by atomic mass is 9.81. The Morgan fingerprint density at radius 3 is 2.46 bits per heavy atom. The van der Waals surface area contributed by atoms with Gasteiger partial charge in [-0.15, -0.1) is 0 Å². The smallest absolute Gasteiger partial charge is 0.289 e. The van der Waals surface area contributed by atoms with Crippen LogP contribution in [0.3, 0.4) is 0 Å². The van der Waals surface area contributed by atoms with Gasteiger partial charge in [0.15, 0.2) is 11.6 Å². The summed E-state index contributed by atoms with van der Waals surface area (Å²) >= 11 is 0. The first-order valence-electron chi connectivity index (χ1n) is 8.89. The summed E-state index contributed by atoms with van der Waals surface area (Å²) in [5, 5.41) is 11.8. The Morgan fingerprint density at radius 1 is 1.27 bits per heavy atom. The van der Waals surface area contributed by atoms with Gasteiger partial charge in [0.1, 0.15) is 0 Å². The van der Waals surface area contributed by atoms with Crippen LogP contribution in [0.5, 0.6) is 0 Å². The number of alkyl halides is 4. The lowest BCUT2D eigenvalue weighted by Crippen LogP contribution is -2.43. The van der Waals surface area contributed by atoms with Crippen LogP contribution in [0.4, 0.5) is 17.6 Å². The molecule has 1 heterocycles. The summed E-state index contributed by atoms with van der Waals surface area (Å²) in [7, 11) is 0. The van der Waals surface area contributed by atoms with Crippen molar-refractivity contribution in [2.45, 2.75) is 69.3 Å². The van der Waals surface area contributed by atoms with Gasteiger partial charge < -0.3 is 14.8 Å². The molecule has 1 atom stereocenters. The zero-order valence-corrected chi connectivity index (χ0v) is 14.2. The van der Waals surface area contributed by atoms with Gasteiger partial charge in [-0.2, -0.15) is 0 Å².